The first-order valence-electron chi connectivity index (χ1n) is 12.3. The first-order chi connectivity index (χ1) is 16.2. The van der Waals surface area contributed by atoms with Gasteiger partial charge in [0.25, 0.3) is 0 Å². The highest BCUT2D eigenvalue weighted by atomic mass is 16.5. The van der Waals surface area contributed by atoms with Crippen LogP contribution in [0.3, 0.4) is 0 Å². The van der Waals surface area contributed by atoms with E-state index in [2.05, 4.69) is 38.1 Å². The third-order valence-corrected chi connectivity index (χ3v) is 7.15. The molecule has 33 heavy (non-hydrogen) atoms. The van der Waals surface area contributed by atoms with Crippen molar-refractivity contribution in [2.75, 3.05) is 52.9 Å². The number of hydrogen-bond donors (Lipinski definition) is 0. The molecule has 0 atom stereocenters. The first-order valence-corrected chi connectivity index (χ1v) is 12.3. The van der Waals surface area contributed by atoms with Crippen LogP contribution in [0, 0.1) is 10.8 Å². The van der Waals surface area contributed by atoms with Gasteiger partial charge < -0.3 is 23.7 Å². The lowest BCUT2D eigenvalue weighted by molar-refractivity contribution is -0.149. The Bertz CT molecular complexity index is 790. The molecule has 0 unspecified atom stereocenters. The summed E-state index contributed by atoms with van der Waals surface area (Å²) in [4.78, 5) is 0. The lowest BCUT2D eigenvalue weighted by Gasteiger charge is -2.40. The number of hydrogen-bond acceptors (Lipinski definition) is 5. The molecule has 0 aliphatic carbocycles. The maximum atomic E-state index is 6.39. The Morgan fingerprint density at radius 2 is 1.09 bits per heavy atom. The van der Waals surface area contributed by atoms with Gasteiger partial charge in [-0.1, -0.05) is 50.2 Å². The quantitative estimate of drug-likeness (QED) is 0.355. The molecule has 5 nitrogen and oxygen atoms in total. The minimum Gasteiger partial charge on any atom is -0.457 e. The predicted molar refractivity (Wildman–Crippen MR) is 129 cm³/mol. The van der Waals surface area contributed by atoms with E-state index in [0.29, 0.717) is 13.2 Å². The van der Waals surface area contributed by atoms with Crippen molar-refractivity contribution in [2.24, 2.45) is 10.8 Å². The monoisotopic (exact) mass is 454 g/mol. The molecule has 0 bridgehead atoms. The Kier molecular flexibility index (Phi) is 8.42. The van der Waals surface area contributed by atoms with E-state index in [1.54, 1.807) is 0 Å². The van der Waals surface area contributed by atoms with E-state index in [-0.39, 0.29) is 10.8 Å². The summed E-state index contributed by atoms with van der Waals surface area (Å²) in [5.74, 6) is 1.78. The molecule has 5 heteroatoms. The van der Waals surface area contributed by atoms with Crippen LogP contribution in [-0.2, 0) is 31.8 Å². The zero-order valence-corrected chi connectivity index (χ0v) is 20.1. The summed E-state index contributed by atoms with van der Waals surface area (Å²) >= 11 is 0. The van der Waals surface area contributed by atoms with Crippen molar-refractivity contribution in [3.63, 3.8) is 0 Å². The largest absolute Gasteiger partial charge is 0.457 e. The normalized spacial score (nSPS) is 18.4. The highest BCUT2D eigenvalue weighted by molar-refractivity contribution is 5.41. The van der Waals surface area contributed by atoms with Crippen LogP contribution in [0.5, 0.6) is 11.5 Å². The molecule has 0 spiro atoms. The molecule has 2 fully saturated rings. The van der Waals surface area contributed by atoms with Crippen molar-refractivity contribution >= 4 is 0 Å². The molecule has 2 saturated heterocycles. The van der Waals surface area contributed by atoms with Gasteiger partial charge in [0.15, 0.2) is 0 Å². The van der Waals surface area contributed by atoms with Crippen LogP contribution in [0.1, 0.15) is 37.8 Å². The van der Waals surface area contributed by atoms with E-state index in [4.69, 9.17) is 23.7 Å². The van der Waals surface area contributed by atoms with Crippen molar-refractivity contribution in [2.45, 2.75) is 39.5 Å². The molecule has 0 radical (unpaired) electrons. The lowest BCUT2D eigenvalue weighted by Crippen LogP contribution is -2.45. The Morgan fingerprint density at radius 3 is 1.45 bits per heavy atom. The summed E-state index contributed by atoms with van der Waals surface area (Å²) in [7, 11) is 0. The molecule has 2 aliphatic heterocycles. The summed E-state index contributed by atoms with van der Waals surface area (Å²) in [6, 6.07) is 16.5. The van der Waals surface area contributed by atoms with Crippen LogP contribution >= 0.6 is 0 Å². The minimum atomic E-state index is 0.222. The molecule has 0 saturated carbocycles. The number of para-hydroxylation sites is 2. The van der Waals surface area contributed by atoms with Crippen LogP contribution in [0.4, 0.5) is 0 Å². The van der Waals surface area contributed by atoms with E-state index in [0.717, 1.165) is 88.0 Å². The molecule has 0 aromatic heterocycles. The lowest BCUT2D eigenvalue weighted by atomic mass is 9.84. The second-order valence-electron chi connectivity index (χ2n) is 9.62. The zero-order valence-electron chi connectivity index (χ0n) is 20.1. The summed E-state index contributed by atoms with van der Waals surface area (Å²) in [6.07, 6.45) is 3.84. The maximum absolute atomic E-state index is 6.39. The Morgan fingerprint density at radius 1 is 0.667 bits per heavy atom. The van der Waals surface area contributed by atoms with Gasteiger partial charge in [-0.25, -0.2) is 0 Å². The number of benzene rings is 2. The van der Waals surface area contributed by atoms with Crippen molar-refractivity contribution in [3.05, 3.63) is 59.7 Å². The first kappa shape index (κ1) is 24.2. The fourth-order valence-corrected chi connectivity index (χ4v) is 4.24. The van der Waals surface area contributed by atoms with E-state index in [9.17, 15) is 0 Å². The highest BCUT2D eigenvalue weighted by Gasteiger charge is 2.37. The van der Waals surface area contributed by atoms with Crippen molar-refractivity contribution in [1.29, 1.82) is 0 Å². The summed E-state index contributed by atoms with van der Waals surface area (Å²) in [5, 5.41) is 0. The standard InChI is InChI=1S/C28H38O5/c1-3-27(19-31-20-27)17-29-15-13-23-9-5-7-11-25(23)33-26-12-8-6-10-24(26)14-16-30-18-28(4-2)21-32-22-28/h5-12H,3-4,13-22H2,1-2H3. The van der Waals surface area contributed by atoms with E-state index >= 15 is 0 Å². The van der Waals surface area contributed by atoms with Gasteiger partial charge >= 0.3 is 0 Å². The molecule has 4 rings (SSSR count). The average Bonchev–Trinajstić information content (AvgIpc) is 2.79. The van der Waals surface area contributed by atoms with Crippen LogP contribution in [0.25, 0.3) is 0 Å². The molecule has 2 aromatic rings. The van der Waals surface area contributed by atoms with E-state index in [1.807, 2.05) is 24.3 Å². The van der Waals surface area contributed by atoms with E-state index < -0.39 is 0 Å². The Hall–Kier alpha value is -1.92. The van der Waals surface area contributed by atoms with Crippen LogP contribution in [-0.4, -0.2) is 52.9 Å². The van der Waals surface area contributed by atoms with Crippen molar-refractivity contribution in [1.82, 2.24) is 0 Å². The van der Waals surface area contributed by atoms with Gasteiger partial charge in [0.05, 0.1) is 52.9 Å². The molecule has 0 amide bonds. The maximum Gasteiger partial charge on any atom is 0.130 e. The van der Waals surface area contributed by atoms with Gasteiger partial charge in [0, 0.05) is 10.8 Å². The third kappa shape index (κ3) is 6.15. The zero-order chi connectivity index (χ0) is 23.0. The average molecular weight is 455 g/mol. The second-order valence-corrected chi connectivity index (χ2v) is 9.62. The van der Waals surface area contributed by atoms with Crippen molar-refractivity contribution in [3.8, 4) is 11.5 Å². The van der Waals surface area contributed by atoms with Gasteiger partial charge in [0.1, 0.15) is 11.5 Å². The van der Waals surface area contributed by atoms with Crippen LogP contribution < -0.4 is 4.74 Å². The van der Waals surface area contributed by atoms with Gasteiger partial charge in [-0.3, -0.25) is 0 Å². The molecule has 0 N–H and O–H groups in total. The van der Waals surface area contributed by atoms with Crippen molar-refractivity contribution < 1.29 is 23.7 Å². The molecule has 2 aliphatic rings. The summed E-state index contributed by atoms with van der Waals surface area (Å²) in [6.45, 7) is 10.6. The topological polar surface area (TPSA) is 46.2 Å². The smallest absolute Gasteiger partial charge is 0.130 e. The van der Waals surface area contributed by atoms with Gasteiger partial charge in [0.2, 0.25) is 0 Å². The Labute approximate surface area is 198 Å². The van der Waals surface area contributed by atoms with Gasteiger partial charge in [-0.15, -0.1) is 0 Å². The van der Waals surface area contributed by atoms with Crippen LogP contribution in [0.2, 0.25) is 0 Å². The van der Waals surface area contributed by atoms with Gasteiger partial charge in [-0.2, -0.15) is 0 Å². The fourth-order valence-electron chi connectivity index (χ4n) is 4.24. The molecular weight excluding hydrogens is 416 g/mol. The minimum absolute atomic E-state index is 0.222. The van der Waals surface area contributed by atoms with E-state index in [1.165, 1.54) is 0 Å². The van der Waals surface area contributed by atoms with Gasteiger partial charge in [-0.05, 0) is 48.9 Å². The SMILES string of the molecule is CCC1(COCCc2ccccc2Oc2ccccc2CCOCC2(CC)COC2)COC1. The fraction of sp³-hybridized carbons (Fsp3) is 0.571. The summed E-state index contributed by atoms with van der Waals surface area (Å²) in [5.41, 5.74) is 2.77. The summed E-state index contributed by atoms with van der Waals surface area (Å²) < 4.78 is 29.2. The highest BCUT2D eigenvalue weighted by Crippen LogP contribution is 2.33. The molecule has 2 heterocycles. The third-order valence-electron chi connectivity index (χ3n) is 7.15. The molecule has 180 valence electrons. The molecular formula is C28H38O5. The number of rotatable bonds is 14. The second kappa shape index (κ2) is 11.5. The Balaban J connectivity index is 1.29. The predicted octanol–water partition coefficient (Wildman–Crippen LogP) is 5.45. The number of ether oxygens (including phenoxy) is 5. The van der Waals surface area contributed by atoms with Crippen LogP contribution in [0.15, 0.2) is 48.5 Å². The molecule has 2 aromatic carbocycles.